The number of alkyl halides is 3. The fourth-order valence-corrected chi connectivity index (χ4v) is 1.47. The van der Waals surface area contributed by atoms with Gasteiger partial charge in [0.2, 0.25) is 0 Å². The number of hydrogen-bond acceptors (Lipinski definition) is 2. The Balaban J connectivity index is 2.16. The lowest BCUT2D eigenvalue weighted by Gasteiger charge is -2.26. The average molecular weight is 197 g/mol. The van der Waals surface area contributed by atoms with Crippen LogP contribution in [0.3, 0.4) is 0 Å². The molecule has 13 heavy (non-hydrogen) atoms. The van der Waals surface area contributed by atoms with Crippen molar-refractivity contribution < 1.29 is 17.9 Å². The predicted octanol–water partition coefficient (Wildman–Crippen LogP) is 1.84. The smallest absolute Gasteiger partial charge is 0.369 e. The zero-order chi connectivity index (χ0) is 9.90. The minimum Gasteiger partial charge on any atom is -0.369 e. The van der Waals surface area contributed by atoms with Crippen LogP contribution in [0.2, 0.25) is 0 Å². The zero-order valence-corrected chi connectivity index (χ0v) is 7.31. The molecule has 0 unspecified atom stereocenters. The van der Waals surface area contributed by atoms with Crippen molar-refractivity contribution in [2.75, 3.05) is 6.61 Å². The Bertz CT molecular complexity index is 152. The Kier molecular flexibility index (Phi) is 3.55. The molecule has 0 atom stereocenters. The SMILES string of the molecule is NC1CCC(OCC(F)(F)F)CC1. The molecule has 0 bridgehead atoms. The molecule has 0 spiro atoms. The number of hydrogen-bond donors (Lipinski definition) is 1. The Labute approximate surface area is 75.2 Å². The third-order valence-corrected chi connectivity index (χ3v) is 2.20. The summed E-state index contributed by atoms with van der Waals surface area (Å²) in [7, 11) is 0. The highest BCUT2D eigenvalue weighted by Gasteiger charge is 2.30. The molecule has 0 radical (unpaired) electrons. The first-order valence-electron chi connectivity index (χ1n) is 4.41. The van der Waals surface area contributed by atoms with Crippen molar-refractivity contribution in [1.82, 2.24) is 0 Å². The van der Waals surface area contributed by atoms with Crippen molar-refractivity contribution in [3.63, 3.8) is 0 Å². The van der Waals surface area contributed by atoms with Crippen LogP contribution in [0.15, 0.2) is 0 Å². The van der Waals surface area contributed by atoms with Gasteiger partial charge >= 0.3 is 6.18 Å². The van der Waals surface area contributed by atoms with Crippen LogP contribution in [0.1, 0.15) is 25.7 Å². The largest absolute Gasteiger partial charge is 0.411 e. The van der Waals surface area contributed by atoms with Gasteiger partial charge in [0, 0.05) is 6.04 Å². The van der Waals surface area contributed by atoms with Crippen molar-refractivity contribution in [1.29, 1.82) is 0 Å². The molecule has 0 aromatic heterocycles. The quantitative estimate of drug-likeness (QED) is 0.733. The van der Waals surface area contributed by atoms with E-state index >= 15 is 0 Å². The molecule has 2 N–H and O–H groups in total. The minimum atomic E-state index is -4.21. The topological polar surface area (TPSA) is 35.2 Å². The highest BCUT2D eigenvalue weighted by molar-refractivity contribution is 4.74. The van der Waals surface area contributed by atoms with Crippen molar-refractivity contribution >= 4 is 0 Å². The van der Waals surface area contributed by atoms with Crippen LogP contribution in [-0.4, -0.2) is 24.9 Å². The summed E-state index contributed by atoms with van der Waals surface area (Å²) in [6.07, 6.45) is -1.62. The lowest BCUT2D eigenvalue weighted by Crippen LogP contribution is -2.32. The summed E-state index contributed by atoms with van der Waals surface area (Å²) in [5, 5.41) is 0. The molecule has 1 aliphatic rings. The lowest BCUT2D eigenvalue weighted by molar-refractivity contribution is -0.188. The summed E-state index contributed by atoms with van der Waals surface area (Å²) in [5.74, 6) is 0. The summed E-state index contributed by atoms with van der Waals surface area (Å²) in [5.41, 5.74) is 5.60. The van der Waals surface area contributed by atoms with Gasteiger partial charge in [-0.3, -0.25) is 0 Å². The van der Waals surface area contributed by atoms with Crippen molar-refractivity contribution in [2.24, 2.45) is 5.73 Å². The molecule has 0 heterocycles. The first kappa shape index (κ1) is 10.8. The molecule has 1 saturated carbocycles. The second kappa shape index (κ2) is 4.28. The van der Waals surface area contributed by atoms with E-state index in [4.69, 9.17) is 10.5 Å². The number of nitrogens with two attached hydrogens (primary N) is 1. The van der Waals surface area contributed by atoms with Gasteiger partial charge in [0.15, 0.2) is 0 Å². The maximum Gasteiger partial charge on any atom is 0.411 e. The van der Waals surface area contributed by atoms with Crippen molar-refractivity contribution in [3.05, 3.63) is 0 Å². The van der Waals surface area contributed by atoms with Gasteiger partial charge in [0.25, 0.3) is 0 Å². The first-order valence-corrected chi connectivity index (χ1v) is 4.41. The van der Waals surface area contributed by atoms with Crippen LogP contribution < -0.4 is 5.73 Å². The molecule has 0 aromatic rings. The van der Waals surface area contributed by atoms with Crippen LogP contribution in [0, 0.1) is 0 Å². The van der Waals surface area contributed by atoms with Gasteiger partial charge in [-0.05, 0) is 25.7 Å². The van der Waals surface area contributed by atoms with Gasteiger partial charge < -0.3 is 10.5 Å². The molecule has 78 valence electrons. The third-order valence-electron chi connectivity index (χ3n) is 2.20. The third kappa shape index (κ3) is 4.47. The first-order chi connectivity index (χ1) is 5.97. The molecular weight excluding hydrogens is 183 g/mol. The van der Waals surface area contributed by atoms with Gasteiger partial charge in [0.05, 0.1) is 6.10 Å². The van der Waals surface area contributed by atoms with E-state index in [0.29, 0.717) is 12.8 Å². The van der Waals surface area contributed by atoms with E-state index in [2.05, 4.69) is 0 Å². The average Bonchev–Trinajstić information content (AvgIpc) is 2.02. The normalized spacial score (nSPS) is 30.5. The molecule has 1 aliphatic carbocycles. The molecular formula is C8H14F3NO. The highest BCUT2D eigenvalue weighted by Crippen LogP contribution is 2.23. The van der Waals surface area contributed by atoms with E-state index < -0.39 is 12.8 Å². The molecule has 5 heteroatoms. The Hall–Kier alpha value is -0.290. The summed E-state index contributed by atoms with van der Waals surface area (Å²) in [6, 6.07) is 0.144. The lowest BCUT2D eigenvalue weighted by atomic mass is 9.94. The zero-order valence-electron chi connectivity index (χ0n) is 7.31. The Morgan fingerprint density at radius 3 is 2.15 bits per heavy atom. The van der Waals surface area contributed by atoms with E-state index in [1.807, 2.05) is 0 Å². The Morgan fingerprint density at radius 2 is 1.69 bits per heavy atom. The fraction of sp³-hybridized carbons (Fsp3) is 1.00. The van der Waals surface area contributed by atoms with Gasteiger partial charge in [0.1, 0.15) is 6.61 Å². The van der Waals surface area contributed by atoms with Crippen LogP contribution in [-0.2, 0) is 4.74 Å². The van der Waals surface area contributed by atoms with Crippen LogP contribution >= 0.6 is 0 Å². The minimum absolute atomic E-state index is 0.144. The summed E-state index contributed by atoms with van der Waals surface area (Å²) >= 11 is 0. The standard InChI is InChI=1S/C8H14F3NO/c9-8(10,11)5-13-7-3-1-6(12)2-4-7/h6-7H,1-5,12H2. The fourth-order valence-electron chi connectivity index (χ4n) is 1.47. The van der Waals surface area contributed by atoms with E-state index in [-0.39, 0.29) is 12.1 Å². The van der Waals surface area contributed by atoms with Crippen LogP contribution in [0.5, 0.6) is 0 Å². The van der Waals surface area contributed by atoms with Gasteiger partial charge in [-0.15, -0.1) is 0 Å². The van der Waals surface area contributed by atoms with E-state index in [0.717, 1.165) is 12.8 Å². The second-order valence-corrected chi connectivity index (χ2v) is 3.46. The molecule has 0 aliphatic heterocycles. The summed E-state index contributed by atoms with van der Waals surface area (Å²) in [6.45, 7) is -1.13. The monoisotopic (exact) mass is 197 g/mol. The van der Waals surface area contributed by atoms with Gasteiger partial charge in [-0.25, -0.2) is 0 Å². The molecule has 0 saturated heterocycles. The highest BCUT2D eigenvalue weighted by atomic mass is 19.4. The Morgan fingerprint density at radius 1 is 1.15 bits per heavy atom. The summed E-state index contributed by atoms with van der Waals surface area (Å²) < 4.78 is 39.9. The van der Waals surface area contributed by atoms with Crippen molar-refractivity contribution in [2.45, 2.75) is 44.0 Å². The van der Waals surface area contributed by atoms with E-state index in [1.165, 1.54) is 0 Å². The molecule has 1 rings (SSSR count). The van der Waals surface area contributed by atoms with E-state index in [9.17, 15) is 13.2 Å². The number of rotatable bonds is 2. The maximum absolute atomic E-state index is 11.7. The number of halogens is 3. The molecule has 2 nitrogen and oxygen atoms in total. The van der Waals surface area contributed by atoms with Crippen LogP contribution in [0.25, 0.3) is 0 Å². The molecule has 0 aromatic carbocycles. The van der Waals surface area contributed by atoms with Gasteiger partial charge in [-0.2, -0.15) is 13.2 Å². The van der Waals surface area contributed by atoms with Crippen LogP contribution in [0.4, 0.5) is 13.2 Å². The number of ether oxygens (including phenoxy) is 1. The molecule has 0 amide bonds. The predicted molar refractivity (Wildman–Crippen MR) is 42.2 cm³/mol. The second-order valence-electron chi connectivity index (χ2n) is 3.46. The van der Waals surface area contributed by atoms with Gasteiger partial charge in [-0.1, -0.05) is 0 Å². The van der Waals surface area contributed by atoms with E-state index in [1.54, 1.807) is 0 Å². The summed E-state index contributed by atoms with van der Waals surface area (Å²) in [4.78, 5) is 0. The van der Waals surface area contributed by atoms with Crippen molar-refractivity contribution in [3.8, 4) is 0 Å². The maximum atomic E-state index is 11.7. The molecule has 1 fully saturated rings.